The van der Waals surface area contributed by atoms with E-state index in [9.17, 15) is 9.59 Å². The lowest BCUT2D eigenvalue weighted by Gasteiger charge is -2.24. The highest BCUT2D eigenvalue weighted by molar-refractivity contribution is 5.73. The first kappa shape index (κ1) is 12.4. The molecule has 1 aliphatic heterocycles. The highest BCUT2D eigenvalue weighted by Crippen LogP contribution is 2.12. The molecule has 0 unspecified atom stereocenters. The Bertz CT molecular complexity index is 438. The van der Waals surface area contributed by atoms with Crippen LogP contribution in [0.4, 0.5) is 4.79 Å². The molecule has 1 aromatic heterocycles. The third kappa shape index (κ3) is 3.24. The van der Waals surface area contributed by atoms with Crippen LogP contribution in [0.5, 0.6) is 0 Å². The highest BCUT2D eigenvalue weighted by Gasteiger charge is 2.26. The maximum absolute atomic E-state index is 11.4. The lowest BCUT2D eigenvalue weighted by molar-refractivity contribution is -0.152. The number of rotatable bonds is 5. The fourth-order valence-corrected chi connectivity index (χ4v) is 1.44. The van der Waals surface area contributed by atoms with Gasteiger partial charge in [0.15, 0.2) is 6.61 Å². The van der Waals surface area contributed by atoms with Gasteiger partial charge in [-0.15, -0.1) is 0 Å². The largest absolute Gasteiger partial charge is 0.459 e. The van der Waals surface area contributed by atoms with Crippen LogP contribution < -0.4 is 11.1 Å². The zero-order valence-corrected chi connectivity index (χ0v) is 9.68. The fraction of sp³-hybridized carbons (Fsp3) is 0.455. The van der Waals surface area contributed by atoms with Crippen molar-refractivity contribution in [2.45, 2.75) is 13.2 Å². The molecule has 0 saturated carbocycles. The van der Waals surface area contributed by atoms with Gasteiger partial charge in [0.25, 0.3) is 0 Å². The number of nitrogens with one attached hydrogen (secondary N) is 1. The Kier molecular flexibility index (Phi) is 3.83. The van der Waals surface area contributed by atoms with Crippen LogP contribution in [0.25, 0.3) is 0 Å². The van der Waals surface area contributed by atoms with Gasteiger partial charge in [-0.3, -0.25) is 4.79 Å². The fourth-order valence-electron chi connectivity index (χ4n) is 1.44. The Balaban J connectivity index is 1.75. The summed E-state index contributed by atoms with van der Waals surface area (Å²) in [4.78, 5) is 21.8. The van der Waals surface area contributed by atoms with E-state index in [2.05, 4.69) is 10.1 Å². The van der Waals surface area contributed by atoms with Gasteiger partial charge >= 0.3 is 12.1 Å². The van der Waals surface area contributed by atoms with Gasteiger partial charge in [0.2, 0.25) is 0 Å². The summed E-state index contributed by atoms with van der Waals surface area (Å²) in [7, 11) is 0. The zero-order chi connectivity index (χ0) is 13.0. The molecule has 18 heavy (non-hydrogen) atoms. The monoisotopic (exact) mass is 254 g/mol. The molecule has 2 rings (SSSR count). The van der Waals surface area contributed by atoms with E-state index in [1.54, 1.807) is 12.1 Å². The summed E-state index contributed by atoms with van der Waals surface area (Å²) in [6.07, 6.45) is -0.864. The predicted molar refractivity (Wildman–Crippen MR) is 59.2 cm³/mol. The van der Waals surface area contributed by atoms with Crippen molar-refractivity contribution in [3.63, 3.8) is 0 Å². The summed E-state index contributed by atoms with van der Waals surface area (Å²) in [5.41, 5.74) is 4.82. The Morgan fingerprint density at radius 1 is 1.28 bits per heavy atom. The lowest BCUT2D eigenvalue weighted by Crippen LogP contribution is -2.47. The van der Waals surface area contributed by atoms with E-state index >= 15 is 0 Å². The molecule has 1 saturated heterocycles. The van der Waals surface area contributed by atoms with Crippen molar-refractivity contribution >= 4 is 12.1 Å². The van der Waals surface area contributed by atoms with Gasteiger partial charge in [-0.05, 0) is 12.1 Å². The van der Waals surface area contributed by atoms with Crippen molar-refractivity contribution in [3.05, 3.63) is 23.7 Å². The first-order chi connectivity index (χ1) is 8.65. The third-order valence-corrected chi connectivity index (χ3v) is 2.55. The lowest BCUT2D eigenvalue weighted by atomic mass is 10.0. The quantitative estimate of drug-likeness (QED) is 0.724. The molecule has 7 heteroatoms. The number of amides is 1. The van der Waals surface area contributed by atoms with Crippen LogP contribution in [0.1, 0.15) is 11.5 Å². The molecule has 0 atom stereocenters. The van der Waals surface area contributed by atoms with Crippen LogP contribution >= 0.6 is 0 Å². The van der Waals surface area contributed by atoms with Crippen molar-refractivity contribution in [2.75, 3.05) is 13.1 Å². The van der Waals surface area contributed by atoms with Gasteiger partial charge in [-0.2, -0.15) is 0 Å². The second-order valence-electron chi connectivity index (χ2n) is 3.94. The van der Waals surface area contributed by atoms with Gasteiger partial charge in [-0.25, -0.2) is 4.79 Å². The molecular formula is C11H14N2O5. The summed E-state index contributed by atoms with van der Waals surface area (Å²) in [6.45, 7) is 1.37. The van der Waals surface area contributed by atoms with Gasteiger partial charge in [0, 0.05) is 13.1 Å². The van der Waals surface area contributed by atoms with Crippen molar-refractivity contribution in [3.8, 4) is 0 Å². The minimum Gasteiger partial charge on any atom is -0.459 e. The van der Waals surface area contributed by atoms with Gasteiger partial charge in [-0.1, -0.05) is 0 Å². The van der Waals surface area contributed by atoms with Crippen LogP contribution in [-0.4, -0.2) is 25.2 Å². The number of hydrogen-bond acceptors (Lipinski definition) is 6. The summed E-state index contributed by atoms with van der Waals surface area (Å²) in [6, 6.07) is 3.29. The van der Waals surface area contributed by atoms with Crippen LogP contribution in [0.15, 0.2) is 16.5 Å². The minimum absolute atomic E-state index is 0.0319. The number of furan rings is 1. The van der Waals surface area contributed by atoms with Gasteiger partial charge in [0.05, 0.1) is 5.92 Å². The number of carbonyl (C=O) groups is 2. The summed E-state index contributed by atoms with van der Waals surface area (Å²) >= 11 is 0. The smallest absolute Gasteiger partial charge is 0.404 e. The van der Waals surface area contributed by atoms with Gasteiger partial charge in [0.1, 0.15) is 18.1 Å². The molecule has 3 N–H and O–H groups in total. The SMILES string of the molecule is NC(=O)OCc1ccc(COC(=O)C2CNC2)o1. The van der Waals surface area contributed by atoms with Crippen molar-refractivity contribution < 1.29 is 23.5 Å². The second kappa shape index (κ2) is 5.54. The molecule has 1 fully saturated rings. The molecule has 0 aliphatic carbocycles. The maximum atomic E-state index is 11.4. The van der Waals surface area contributed by atoms with Crippen LogP contribution in [0.2, 0.25) is 0 Å². The molecular weight excluding hydrogens is 240 g/mol. The summed E-state index contributed by atoms with van der Waals surface area (Å²) in [5, 5.41) is 2.99. The molecule has 1 aromatic rings. The molecule has 0 bridgehead atoms. The number of nitrogens with two attached hydrogens (primary N) is 1. The number of ether oxygens (including phenoxy) is 2. The molecule has 0 radical (unpaired) electrons. The van der Waals surface area contributed by atoms with E-state index in [-0.39, 0.29) is 25.1 Å². The van der Waals surface area contributed by atoms with E-state index in [4.69, 9.17) is 14.9 Å². The molecule has 7 nitrogen and oxygen atoms in total. The maximum Gasteiger partial charge on any atom is 0.404 e. The summed E-state index contributed by atoms with van der Waals surface area (Å²) < 4.78 is 14.9. The Labute approximate surface area is 103 Å². The van der Waals surface area contributed by atoms with E-state index in [0.717, 1.165) is 0 Å². The number of carbonyl (C=O) groups excluding carboxylic acids is 2. The summed E-state index contributed by atoms with van der Waals surface area (Å²) in [5.74, 6) is 0.654. The van der Waals surface area contributed by atoms with Crippen LogP contribution in [0, 0.1) is 5.92 Å². The predicted octanol–water partition coefficient (Wildman–Crippen LogP) is 0.138. The Hall–Kier alpha value is -2.02. The first-order valence-electron chi connectivity index (χ1n) is 5.52. The standard InChI is InChI=1S/C11H14N2O5/c12-11(15)17-6-9-2-1-8(18-9)5-16-10(14)7-3-13-4-7/h1-2,7,13H,3-6H2,(H2,12,15). The van der Waals surface area contributed by atoms with Gasteiger partial charge < -0.3 is 24.9 Å². The van der Waals surface area contributed by atoms with E-state index in [1.165, 1.54) is 0 Å². The molecule has 1 aliphatic rings. The number of hydrogen-bond donors (Lipinski definition) is 2. The van der Waals surface area contributed by atoms with Crippen LogP contribution in [-0.2, 0) is 27.5 Å². The van der Waals surface area contributed by atoms with Crippen LogP contribution in [0.3, 0.4) is 0 Å². The average Bonchev–Trinajstić information content (AvgIpc) is 2.69. The van der Waals surface area contributed by atoms with Crippen molar-refractivity contribution in [2.24, 2.45) is 11.7 Å². The molecule has 2 heterocycles. The Morgan fingerprint density at radius 2 is 1.89 bits per heavy atom. The second-order valence-corrected chi connectivity index (χ2v) is 3.94. The first-order valence-corrected chi connectivity index (χ1v) is 5.52. The molecule has 0 aromatic carbocycles. The number of esters is 1. The Morgan fingerprint density at radius 3 is 2.39 bits per heavy atom. The zero-order valence-electron chi connectivity index (χ0n) is 9.68. The topological polar surface area (TPSA) is 104 Å². The average molecular weight is 254 g/mol. The molecule has 1 amide bonds. The van der Waals surface area contributed by atoms with Crippen molar-refractivity contribution in [1.29, 1.82) is 0 Å². The molecule has 98 valence electrons. The normalized spacial score (nSPS) is 14.9. The number of primary amides is 1. The van der Waals surface area contributed by atoms with Crippen molar-refractivity contribution in [1.82, 2.24) is 5.32 Å². The van der Waals surface area contributed by atoms with E-state index in [0.29, 0.717) is 24.6 Å². The molecule has 0 spiro atoms. The minimum atomic E-state index is -0.864. The van der Waals surface area contributed by atoms with E-state index < -0.39 is 6.09 Å². The van der Waals surface area contributed by atoms with E-state index in [1.807, 2.05) is 0 Å². The third-order valence-electron chi connectivity index (χ3n) is 2.55. The highest BCUT2D eigenvalue weighted by atomic mass is 16.6.